The summed E-state index contributed by atoms with van der Waals surface area (Å²) in [4.78, 5) is 28.3. The van der Waals surface area contributed by atoms with E-state index < -0.39 is 0 Å². The van der Waals surface area contributed by atoms with Gasteiger partial charge in [0.2, 0.25) is 11.8 Å². The molecule has 0 radical (unpaired) electrons. The van der Waals surface area contributed by atoms with E-state index in [0.29, 0.717) is 18.9 Å². The molecule has 3 heterocycles. The maximum absolute atomic E-state index is 11.9. The van der Waals surface area contributed by atoms with Crippen molar-refractivity contribution in [1.82, 2.24) is 10.2 Å². The Bertz CT molecular complexity index is 762. The molecule has 0 spiro atoms. The first-order chi connectivity index (χ1) is 14.1. The van der Waals surface area contributed by atoms with Gasteiger partial charge in [0.15, 0.2) is 0 Å². The lowest BCUT2D eigenvalue weighted by Gasteiger charge is -2.31. The second kappa shape index (κ2) is 7.61. The van der Waals surface area contributed by atoms with E-state index in [1.165, 1.54) is 25.3 Å². The van der Waals surface area contributed by atoms with Gasteiger partial charge in [0.25, 0.3) is 0 Å². The number of hydrogen-bond acceptors (Lipinski definition) is 6. The van der Waals surface area contributed by atoms with E-state index in [1.54, 1.807) is 0 Å². The second-order valence-corrected chi connectivity index (χ2v) is 9.23. The van der Waals surface area contributed by atoms with E-state index in [2.05, 4.69) is 32.6 Å². The van der Waals surface area contributed by atoms with Crippen LogP contribution in [0.3, 0.4) is 0 Å². The Balaban J connectivity index is 1.10. The summed E-state index contributed by atoms with van der Waals surface area (Å²) in [5.74, 6) is 2.14. The zero-order valence-electron chi connectivity index (χ0n) is 16.8. The summed E-state index contributed by atoms with van der Waals surface area (Å²) in [6.45, 7) is 5.90. The van der Waals surface area contributed by atoms with Crippen molar-refractivity contribution in [3.8, 4) is 0 Å². The maximum atomic E-state index is 11.9. The minimum atomic E-state index is -0.330. The first-order valence-electron chi connectivity index (χ1n) is 11.0. The van der Waals surface area contributed by atoms with Crippen LogP contribution < -0.4 is 21.3 Å². The van der Waals surface area contributed by atoms with E-state index in [-0.39, 0.29) is 17.9 Å². The fraction of sp³-hybridized carbons (Fsp3) is 0.636. The van der Waals surface area contributed by atoms with Crippen molar-refractivity contribution in [3.63, 3.8) is 0 Å². The molecule has 7 nitrogen and oxygen atoms in total. The molecule has 29 heavy (non-hydrogen) atoms. The molecule has 3 atom stereocenters. The molecule has 4 fully saturated rings. The van der Waals surface area contributed by atoms with Crippen molar-refractivity contribution < 1.29 is 9.59 Å². The molecule has 1 aromatic carbocycles. The Hall–Kier alpha value is -2.12. The van der Waals surface area contributed by atoms with E-state index >= 15 is 0 Å². The van der Waals surface area contributed by atoms with Gasteiger partial charge in [0.05, 0.1) is 0 Å². The van der Waals surface area contributed by atoms with Crippen molar-refractivity contribution in [3.05, 3.63) is 24.3 Å². The van der Waals surface area contributed by atoms with E-state index in [9.17, 15) is 9.59 Å². The van der Waals surface area contributed by atoms with E-state index in [4.69, 9.17) is 5.73 Å². The molecule has 3 aliphatic heterocycles. The molecule has 0 aromatic heterocycles. The van der Waals surface area contributed by atoms with Crippen molar-refractivity contribution >= 4 is 23.2 Å². The highest BCUT2D eigenvalue weighted by Gasteiger charge is 2.55. The Labute approximate surface area is 172 Å². The minimum Gasteiger partial charge on any atom is -0.374 e. The van der Waals surface area contributed by atoms with Gasteiger partial charge in [-0.15, -0.1) is 0 Å². The number of nitrogens with zero attached hydrogens (tertiary/aromatic N) is 2. The highest BCUT2D eigenvalue weighted by molar-refractivity contribution is 6.01. The summed E-state index contributed by atoms with van der Waals surface area (Å²) in [7, 11) is 0. The van der Waals surface area contributed by atoms with Gasteiger partial charge in [0, 0.05) is 43.5 Å². The maximum Gasteiger partial charge on any atom is 0.249 e. The predicted molar refractivity (Wildman–Crippen MR) is 113 cm³/mol. The Kier molecular flexibility index (Phi) is 4.95. The number of piperidine rings is 3. The number of hydrogen-bond donors (Lipinski definition) is 3. The number of amides is 2. The number of imide groups is 1. The fourth-order valence-corrected chi connectivity index (χ4v) is 5.37. The van der Waals surface area contributed by atoms with Crippen LogP contribution in [-0.4, -0.2) is 61.5 Å². The lowest BCUT2D eigenvalue weighted by molar-refractivity contribution is -0.133. The summed E-state index contributed by atoms with van der Waals surface area (Å²) in [5.41, 5.74) is 8.21. The molecular weight excluding hydrogens is 366 g/mol. The Morgan fingerprint density at radius 1 is 1.03 bits per heavy atom. The number of likely N-dealkylation sites (tertiary alicyclic amines) is 1. The van der Waals surface area contributed by atoms with Gasteiger partial charge in [-0.05, 0) is 74.4 Å². The Morgan fingerprint density at radius 2 is 1.72 bits per heavy atom. The summed E-state index contributed by atoms with van der Waals surface area (Å²) in [5, 5.41) is 5.64. The molecule has 7 heteroatoms. The third-order valence-corrected chi connectivity index (χ3v) is 7.29. The number of rotatable bonds is 5. The van der Waals surface area contributed by atoms with Gasteiger partial charge in [-0.3, -0.25) is 14.9 Å². The first kappa shape index (κ1) is 18.9. The molecule has 1 aliphatic carbocycles. The molecule has 0 bridgehead atoms. The normalized spacial score (nSPS) is 32.8. The van der Waals surface area contributed by atoms with Crippen LogP contribution in [0.2, 0.25) is 0 Å². The molecule has 3 unspecified atom stereocenters. The summed E-state index contributed by atoms with van der Waals surface area (Å²) in [6.07, 6.45) is 3.23. The van der Waals surface area contributed by atoms with Crippen LogP contribution in [-0.2, 0) is 9.59 Å². The van der Waals surface area contributed by atoms with Crippen molar-refractivity contribution in [2.75, 3.05) is 42.9 Å². The molecule has 4 aliphatic rings. The number of nitrogens with one attached hydrogen (secondary N) is 2. The smallest absolute Gasteiger partial charge is 0.249 e. The monoisotopic (exact) mass is 397 g/mol. The van der Waals surface area contributed by atoms with E-state index in [0.717, 1.165) is 49.4 Å². The van der Waals surface area contributed by atoms with Gasteiger partial charge in [-0.1, -0.05) is 0 Å². The first-order valence-corrected chi connectivity index (χ1v) is 11.0. The van der Waals surface area contributed by atoms with Crippen LogP contribution in [0, 0.1) is 17.8 Å². The van der Waals surface area contributed by atoms with Crippen molar-refractivity contribution in [2.45, 2.75) is 37.8 Å². The number of benzene rings is 1. The van der Waals surface area contributed by atoms with Gasteiger partial charge < -0.3 is 20.9 Å². The molecule has 1 aromatic rings. The van der Waals surface area contributed by atoms with Gasteiger partial charge >= 0.3 is 0 Å². The van der Waals surface area contributed by atoms with Crippen LogP contribution in [0.15, 0.2) is 24.3 Å². The Morgan fingerprint density at radius 3 is 2.38 bits per heavy atom. The molecule has 5 rings (SSSR count). The predicted octanol–water partition coefficient (Wildman–Crippen LogP) is 1.01. The second-order valence-electron chi connectivity index (χ2n) is 9.23. The van der Waals surface area contributed by atoms with Crippen molar-refractivity contribution in [1.29, 1.82) is 0 Å². The molecular formula is C22H31N5O2. The molecule has 4 N–H and O–H groups in total. The number of fused-ring (bicyclic) bond motifs is 1. The van der Waals surface area contributed by atoms with Gasteiger partial charge in [-0.25, -0.2) is 0 Å². The molecule has 156 valence electrons. The molecule has 3 saturated heterocycles. The zero-order valence-corrected chi connectivity index (χ0v) is 16.8. The zero-order chi connectivity index (χ0) is 20.0. The fourth-order valence-electron chi connectivity index (χ4n) is 5.37. The summed E-state index contributed by atoms with van der Waals surface area (Å²) < 4.78 is 0. The quantitative estimate of drug-likeness (QED) is 0.643. The van der Waals surface area contributed by atoms with Crippen LogP contribution in [0.5, 0.6) is 0 Å². The number of nitrogens with two attached hydrogens (primary N) is 1. The number of carbonyl (C=O) groups excluding carboxylic acids is 2. The van der Waals surface area contributed by atoms with Crippen LogP contribution in [0.1, 0.15) is 25.7 Å². The highest BCUT2D eigenvalue weighted by Crippen LogP contribution is 2.53. The topological polar surface area (TPSA) is 90.7 Å². The molecule has 2 amide bonds. The standard InChI is InChI=1S/C22H31N5O2/c23-14-7-9-26(10-8-14)11-17-18-12-27(13-19(17)18)16-3-1-15(2-4-16)24-20-5-6-21(28)25-22(20)29/h1-4,14,17-20,24H,5-13,23H2,(H,25,28,29). The average molecular weight is 398 g/mol. The van der Waals surface area contributed by atoms with Crippen LogP contribution in [0.25, 0.3) is 0 Å². The van der Waals surface area contributed by atoms with Crippen molar-refractivity contribution in [2.24, 2.45) is 23.5 Å². The highest BCUT2D eigenvalue weighted by atomic mass is 16.2. The van der Waals surface area contributed by atoms with E-state index in [1.807, 2.05) is 12.1 Å². The third-order valence-electron chi connectivity index (χ3n) is 7.29. The average Bonchev–Trinajstić information content (AvgIpc) is 3.15. The SMILES string of the molecule is NC1CCN(CC2C3CN(c4ccc(NC5CCC(=O)NC5=O)cc4)CC23)CC1. The lowest BCUT2D eigenvalue weighted by atomic mass is 10.1. The number of anilines is 2. The van der Waals surface area contributed by atoms with Crippen LogP contribution in [0.4, 0.5) is 11.4 Å². The molecule has 1 saturated carbocycles. The summed E-state index contributed by atoms with van der Waals surface area (Å²) >= 11 is 0. The van der Waals surface area contributed by atoms with Gasteiger partial charge in [-0.2, -0.15) is 0 Å². The lowest BCUT2D eigenvalue weighted by Crippen LogP contribution is -2.47. The number of carbonyl (C=O) groups is 2. The van der Waals surface area contributed by atoms with Gasteiger partial charge in [0.1, 0.15) is 6.04 Å². The third kappa shape index (κ3) is 3.98. The van der Waals surface area contributed by atoms with Crippen LogP contribution >= 0.6 is 0 Å². The summed E-state index contributed by atoms with van der Waals surface area (Å²) in [6, 6.07) is 8.44. The largest absolute Gasteiger partial charge is 0.374 e. The minimum absolute atomic E-state index is 0.182.